The molecule has 0 bridgehead atoms. The lowest BCUT2D eigenvalue weighted by Crippen LogP contribution is -2.38. The first kappa shape index (κ1) is 43.7. The van der Waals surface area contributed by atoms with E-state index in [0.717, 1.165) is 107 Å². The summed E-state index contributed by atoms with van der Waals surface area (Å²) in [5.74, 6) is 2.97. The summed E-state index contributed by atoms with van der Waals surface area (Å²) >= 11 is 0. The molecule has 12 aromatic rings. The van der Waals surface area contributed by atoms with Crippen molar-refractivity contribution >= 4 is 62.4 Å². The van der Waals surface area contributed by atoms with Crippen LogP contribution in [0.5, 0.6) is 11.5 Å². The van der Waals surface area contributed by atoms with E-state index in [4.69, 9.17) is 9.72 Å². The Labute approximate surface area is 435 Å². The minimum Gasteiger partial charge on any atom is -0.453 e. The van der Waals surface area contributed by atoms with Crippen LogP contribution in [-0.4, -0.2) is 15.0 Å². The summed E-state index contributed by atoms with van der Waals surface area (Å²) < 4.78 is 6.62. The minimum absolute atomic E-state index is 0.654. The zero-order valence-electron chi connectivity index (χ0n) is 40.6. The lowest BCUT2D eigenvalue weighted by molar-refractivity contribution is 0.476. The molecular weight excluding hydrogens is 917 g/mol. The van der Waals surface area contributed by atoms with Crippen molar-refractivity contribution in [3.05, 3.63) is 302 Å². The molecule has 75 heavy (non-hydrogen) atoms. The lowest BCUT2D eigenvalue weighted by atomic mass is 9.62. The fourth-order valence-corrected chi connectivity index (χ4v) is 11.4. The summed E-state index contributed by atoms with van der Waals surface area (Å²) in [4.78, 5) is 21.8. The Morgan fingerprint density at radius 2 is 0.840 bits per heavy atom. The molecule has 2 aliphatic heterocycles. The summed E-state index contributed by atoms with van der Waals surface area (Å²) in [6, 6.07) is 92.6. The molecule has 0 radical (unpaired) electrons. The zero-order valence-corrected chi connectivity index (χ0v) is 40.6. The highest BCUT2D eigenvalue weighted by Crippen LogP contribution is 2.59. The molecule has 0 N–H and O–H groups in total. The first-order valence-electron chi connectivity index (χ1n) is 25.2. The third-order valence-corrected chi connectivity index (χ3v) is 14.7. The molecule has 7 heteroatoms. The molecule has 14 rings (SSSR count). The van der Waals surface area contributed by atoms with Crippen molar-refractivity contribution in [3.63, 3.8) is 0 Å². The van der Waals surface area contributed by atoms with E-state index in [1.54, 1.807) is 0 Å². The lowest BCUT2D eigenvalue weighted by Gasteiger charge is -2.46. The molecule has 3 aromatic heterocycles. The molecule has 0 aliphatic carbocycles. The smallest absolute Gasteiger partial charge is 0.151 e. The molecule has 0 atom stereocenters. The number of rotatable bonds is 9. The molecule has 354 valence electrons. The van der Waals surface area contributed by atoms with Crippen molar-refractivity contribution in [1.82, 2.24) is 15.0 Å². The van der Waals surface area contributed by atoms with E-state index in [1.807, 2.05) is 61.1 Å². The number of fused-ring (bicyclic) bond motifs is 5. The van der Waals surface area contributed by atoms with Crippen LogP contribution >= 0.6 is 0 Å². The Hall–Kier alpha value is -10.1. The molecular formula is C68H46N6O. The van der Waals surface area contributed by atoms with Crippen molar-refractivity contribution in [1.29, 1.82) is 0 Å². The standard InChI is InChI=1S/C68H46N6O/c1-3-17-50(18-4-1)68(51-19-5-2-6-20-51)57-22-8-11-25-60(57)73(61-26-12-9-23-58(61)68)66-45-54(46-67(71-66)74-62-27-13-15-29-64(62)75-65-30-16-14-28-63(65)74)72(52-35-31-47(32-36-52)48-39-42-69-43-40-48)53-37-33-49(34-38-53)55-41-44-70-59-24-10-7-21-56(55)59/h1-46H. The van der Waals surface area contributed by atoms with Crippen molar-refractivity contribution in [2.75, 3.05) is 14.7 Å². The Kier molecular flexibility index (Phi) is 10.6. The maximum absolute atomic E-state index is 6.62. The van der Waals surface area contributed by atoms with Crippen LogP contribution in [0.4, 0.5) is 51.4 Å². The third-order valence-electron chi connectivity index (χ3n) is 14.7. The van der Waals surface area contributed by atoms with Crippen LogP contribution in [0.2, 0.25) is 0 Å². The molecule has 0 saturated heterocycles. The Morgan fingerprint density at radius 3 is 1.43 bits per heavy atom. The number of pyridine rings is 3. The summed E-state index contributed by atoms with van der Waals surface area (Å²) in [6.07, 6.45) is 5.57. The van der Waals surface area contributed by atoms with E-state index in [9.17, 15) is 0 Å². The number of anilines is 9. The van der Waals surface area contributed by atoms with Gasteiger partial charge in [-0.2, -0.15) is 0 Å². The molecule has 0 saturated carbocycles. The van der Waals surface area contributed by atoms with Gasteiger partial charge >= 0.3 is 0 Å². The van der Waals surface area contributed by atoms with Crippen molar-refractivity contribution in [3.8, 4) is 33.8 Å². The number of ether oxygens (including phenoxy) is 1. The Bertz CT molecular complexity index is 3920. The average molecular weight is 963 g/mol. The first-order chi connectivity index (χ1) is 37.2. The normalized spacial score (nSPS) is 13.0. The van der Waals surface area contributed by atoms with Gasteiger partial charge in [-0.05, 0) is 129 Å². The van der Waals surface area contributed by atoms with E-state index < -0.39 is 5.41 Å². The van der Waals surface area contributed by atoms with E-state index in [1.165, 1.54) is 11.1 Å². The van der Waals surface area contributed by atoms with Gasteiger partial charge in [0.05, 0.1) is 39.4 Å². The minimum atomic E-state index is -0.654. The van der Waals surface area contributed by atoms with Gasteiger partial charge in [0, 0.05) is 47.5 Å². The second-order valence-corrected chi connectivity index (χ2v) is 18.8. The summed E-state index contributed by atoms with van der Waals surface area (Å²) in [5, 5.41) is 1.11. The highest BCUT2D eigenvalue weighted by atomic mass is 16.5. The highest BCUT2D eigenvalue weighted by molar-refractivity contribution is 5.96. The van der Waals surface area contributed by atoms with Gasteiger partial charge in [0.15, 0.2) is 11.5 Å². The fourth-order valence-electron chi connectivity index (χ4n) is 11.4. The van der Waals surface area contributed by atoms with Gasteiger partial charge in [-0.3, -0.25) is 19.8 Å². The molecule has 7 nitrogen and oxygen atoms in total. The molecule has 0 unspecified atom stereocenters. The van der Waals surface area contributed by atoms with Gasteiger partial charge < -0.3 is 9.64 Å². The van der Waals surface area contributed by atoms with Crippen LogP contribution in [0.3, 0.4) is 0 Å². The number of nitrogens with zero attached hydrogens (tertiary/aromatic N) is 6. The quantitative estimate of drug-likeness (QED) is 0.143. The largest absolute Gasteiger partial charge is 0.453 e. The average Bonchev–Trinajstić information content (AvgIpc) is 3.50. The van der Waals surface area contributed by atoms with E-state index in [0.29, 0.717) is 0 Å². The number of hydrogen-bond donors (Lipinski definition) is 0. The number of benzene rings is 9. The second-order valence-electron chi connectivity index (χ2n) is 18.8. The highest BCUT2D eigenvalue weighted by Gasteiger charge is 2.46. The summed E-state index contributed by atoms with van der Waals surface area (Å²) in [6.45, 7) is 0. The Morgan fingerprint density at radius 1 is 0.373 bits per heavy atom. The van der Waals surface area contributed by atoms with E-state index >= 15 is 0 Å². The topological polar surface area (TPSA) is 57.6 Å². The predicted molar refractivity (Wildman–Crippen MR) is 304 cm³/mol. The van der Waals surface area contributed by atoms with Gasteiger partial charge in [-0.25, -0.2) is 4.98 Å². The monoisotopic (exact) mass is 962 g/mol. The first-order valence-corrected chi connectivity index (χ1v) is 25.2. The molecule has 9 aromatic carbocycles. The SMILES string of the molecule is c1ccc(C2(c3ccccc3)c3ccccc3N(c3cc(N(c4ccc(-c5ccncc5)cc4)c4ccc(-c5ccnc6ccccc56)cc4)cc(N4c5ccccc5Oc5ccccc54)n3)c3ccccc32)cc1. The van der Waals surface area contributed by atoms with Crippen molar-refractivity contribution < 1.29 is 4.74 Å². The molecule has 0 spiro atoms. The third kappa shape index (κ3) is 7.32. The van der Waals surface area contributed by atoms with Crippen LogP contribution in [0.1, 0.15) is 22.3 Å². The molecule has 5 heterocycles. The van der Waals surface area contributed by atoms with Crippen molar-refractivity contribution in [2.45, 2.75) is 5.41 Å². The predicted octanol–water partition coefficient (Wildman–Crippen LogP) is 17.6. The fraction of sp³-hybridized carbons (Fsp3) is 0.0147. The summed E-state index contributed by atoms with van der Waals surface area (Å²) in [5.41, 5.74) is 16.1. The van der Waals surface area contributed by atoms with Crippen LogP contribution < -0.4 is 19.4 Å². The number of para-hydroxylation sites is 7. The molecule has 0 amide bonds. The number of hydrogen-bond acceptors (Lipinski definition) is 7. The Balaban J connectivity index is 1.03. The van der Waals surface area contributed by atoms with Gasteiger partial charge in [-0.1, -0.05) is 164 Å². The van der Waals surface area contributed by atoms with Gasteiger partial charge in [-0.15, -0.1) is 0 Å². The summed E-state index contributed by atoms with van der Waals surface area (Å²) in [7, 11) is 0. The van der Waals surface area contributed by atoms with Crippen molar-refractivity contribution in [2.24, 2.45) is 0 Å². The number of aromatic nitrogens is 3. The maximum Gasteiger partial charge on any atom is 0.151 e. The van der Waals surface area contributed by atoms with E-state index in [-0.39, 0.29) is 0 Å². The van der Waals surface area contributed by atoms with Gasteiger partial charge in [0.2, 0.25) is 0 Å². The van der Waals surface area contributed by atoms with Crippen LogP contribution in [0.25, 0.3) is 33.2 Å². The van der Waals surface area contributed by atoms with Crippen LogP contribution in [-0.2, 0) is 5.41 Å². The maximum atomic E-state index is 6.62. The van der Waals surface area contributed by atoms with Gasteiger partial charge in [0.1, 0.15) is 11.6 Å². The molecule has 2 aliphatic rings. The van der Waals surface area contributed by atoms with Crippen LogP contribution in [0, 0.1) is 0 Å². The zero-order chi connectivity index (χ0) is 49.7. The molecule has 0 fully saturated rings. The van der Waals surface area contributed by atoms with Gasteiger partial charge in [0.25, 0.3) is 0 Å². The van der Waals surface area contributed by atoms with E-state index in [2.05, 4.69) is 243 Å². The second kappa shape index (κ2) is 18.2. The van der Waals surface area contributed by atoms with Crippen LogP contribution in [0.15, 0.2) is 279 Å².